The summed E-state index contributed by atoms with van der Waals surface area (Å²) >= 11 is 5.07. The van der Waals surface area contributed by atoms with Crippen molar-refractivity contribution in [1.29, 1.82) is 0 Å². The summed E-state index contributed by atoms with van der Waals surface area (Å²) in [7, 11) is 0. The van der Waals surface area contributed by atoms with Crippen LogP contribution in [-0.2, 0) is 14.3 Å². The molecular formula is C10H15ClO5. The van der Waals surface area contributed by atoms with Gasteiger partial charge in [-0.2, -0.15) is 0 Å². The van der Waals surface area contributed by atoms with Gasteiger partial charge < -0.3 is 14.9 Å². The Morgan fingerprint density at radius 1 is 1.56 bits per heavy atom. The lowest BCUT2D eigenvalue weighted by atomic mass is 10.4. The molecule has 0 aromatic carbocycles. The largest absolute Gasteiger partial charge is 0.478 e. The van der Waals surface area contributed by atoms with Gasteiger partial charge in [-0.3, -0.25) is 0 Å². The van der Waals surface area contributed by atoms with Gasteiger partial charge in [0, 0.05) is 17.2 Å². The average Bonchev–Trinajstić information content (AvgIpc) is 2.16. The van der Waals surface area contributed by atoms with Crippen molar-refractivity contribution in [2.45, 2.75) is 20.0 Å². The van der Waals surface area contributed by atoms with Crippen LogP contribution >= 0.6 is 11.6 Å². The van der Waals surface area contributed by atoms with E-state index >= 15 is 0 Å². The topological polar surface area (TPSA) is 83.8 Å². The van der Waals surface area contributed by atoms with E-state index < -0.39 is 18.0 Å². The number of ether oxygens (including phenoxy) is 1. The van der Waals surface area contributed by atoms with Gasteiger partial charge in [-0.25, -0.2) is 9.59 Å². The fourth-order valence-corrected chi connectivity index (χ4v) is 0.405. The highest BCUT2D eigenvalue weighted by Gasteiger charge is 1.99. The standard InChI is InChI=1S/C6H9ClO3.C4H6O2/c1-5(8)4-10-6(9)2-3-7;1-3(2)4(5)6/h2-3,5,8H,4H2,1H3;1H2,2H3,(H,5,6). The SMILES string of the molecule is C=C(C)C(=O)O.CC(O)COC(=O)C=CCl. The van der Waals surface area contributed by atoms with Crippen molar-refractivity contribution >= 4 is 23.5 Å². The third-order valence-electron chi connectivity index (χ3n) is 1.03. The van der Waals surface area contributed by atoms with Crippen molar-refractivity contribution in [3.8, 4) is 0 Å². The molecular weight excluding hydrogens is 236 g/mol. The van der Waals surface area contributed by atoms with Crippen molar-refractivity contribution in [2.24, 2.45) is 0 Å². The summed E-state index contributed by atoms with van der Waals surface area (Å²) in [6, 6.07) is 0. The smallest absolute Gasteiger partial charge is 0.331 e. The lowest BCUT2D eigenvalue weighted by molar-refractivity contribution is -0.140. The number of esters is 1. The number of hydrogen-bond acceptors (Lipinski definition) is 4. The summed E-state index contributed by atoms with van der Waals surface area (Å²) in [4.78, 5) is 20.0. The lowest BCUT2D eigenvalue weighted by Crippen LogP contribution is -2.13. The Morgan fingerprint density at radius 2 is 2.00 bits per heavy atom. The van der Waals surface area contributed by atoms with Crippen molar-refractivity contribution in [1.82, 2.24) is 0 Å². The summed E-state index contributed by atoms with van der Waals surface area (Å²) in [6.07, 6.45) is 0.442. The van der Waals surface area contributed by atoms with Gasteiger partial charge in [0.1, 0.15) is 6.61 Å². The van der Waals surface area contributed by atoms with E-state index in [2.05, 4.69) is 11.3 Å². The first-order valence-electron chi connectivity index (χ1n) is 4.31. The van der Waals surface area contributed by atoms with Gasteiger partial charge in [-0.15, -0.1) is 0 Å². The lowest BCUT2D eigenvalue weighted by Gasteiger charge is -2.02. The highest BCUT2D eigenvalue weighted by molar-refractivity contribution is 6.26. The van der Waals surface area contributed by atoms with Crippen LogP contribution in [0.5, 0.6) is 0 Å². The normalized spacial score (nSPS) is 11.2. The maximum atomic E-state index is 10.4. The molecule has 16 heavy (non-hydrogen) atoms. The van der Waals surface area contributed by atoms with Crippen LogP contribution in [-0.4, -0.2) is 34.9 Å². The van der Waals surface area contributed by atoms with E-state index in [-0.39, 0.29) is 12.2 Å². The summed E-state index contributed by atoms with van der Waals surface area (Å²) in [6.45, 7) is 6.13. The van der Waals surface area contributed by atoms with Crippen molar-refractivity contribution in [3.63, 3.8) is 0 Å². The summed E-state index contributed by atoms with van der Waals surface area (Å²) in [5.74, 6) is -1.48. The molecule has 0 rings (SSSR count). The second kappa shape index (κ2) is 10.2. The molecule has 2 N–H and O–H groups in total. The molecule has 92 valence electrons. The van der Waals surface area contributed by atoms with E-state index in [0.29, 0.717) is 0 Å². The molecule has 0 aliphatic carbocycles. The molecule has 6 heteroatoms. The van der Waals surface area contributed by atoms with E-state index in [9.17, 15) is 9.59 Å². The predicted octanol–water partition coefficient (Wildman–Crippen LogP) is 1.31. The highest BCUT2D eigenvalue weighted by atomic mass is 35.5. The van der Waals surface area contributed by atoms with Crippen molar-refractivity contribution < 1.29 is 24.5 Å². The zero-order valence-electron chi connectivity index (χ0n) is 9.14. The van der Waals surface area contributed by atoms with Crippen LogP contribution in [0, 0.1) is 0 Å². The Bertz CT molecular complexity index is 258. The minimum atomic E-state index is -0.935. The van der Waals surface area contributed by atoms with Crippen molar-refractivity contribution in [3.05, 3.63) is 23.8 Å². The van der Waals surface area contributed by atoms with Crippen LogP contribution in [0.2, 0.25) is 0 Å². The third-order valence-corrected chi connectivity index (χ3v) is 1.16. The van der Waals surface area contributed by atoms with Crippen LogP contribution in [0.3, 0.4) is 0 Å². The van der Waals surface area contributed by atoms with Gasteiger partial charge in [0.05, 0.1) is 6.10 Å². The number of carbonyl (C=O) groups is 2. The Labute approximate surface area is 99.0 Å². The van der Waals surface area contributed by atoms with Crippen molar-refractivity contribution in [2.75, 3.05) is 6.61 Å². The zero-order chi connectivity index (χ0) is 13.1. The molecule has 1 atom stereocenters. The number of carbonyl (C=O) groups excluding carboxylic acids is 1. The monoisotopic (exact) mass is 250 g/mol. The zero-order valence-corrected chi connectivity index (χ0v) is 9.90. The van der Waals surface area contributed by atoms with Gasteiger partial charge >= 0.3 is 11.9 Å². The molecule has 0 bridgehead atoms. The number of carboxylic acids is 1. The number of rotatable bonds is 4. The van der Waals surface area contributed by atoms with Crippen LogP contribution in [0.4, 0.5) is 0 Å². The fraction of sp³-hybridized carbons (Fsp3) is 0.400. The number of aliphatic hydroxyl groups excluding tert-OH is 1. The molecule has 5 nitrogen and oxygen atoms in total. The van der Waals surface area contributed by atoms with E-state index in [1.165, 1.54) is 13.8 Å². The van der Waals surface area contributed by atoms with Gasteiger partial charge in [-0.1, -0.05) is 18.2 Å². The number of aliphatic hydroxyl groups is 1. The predicted molar refractivity (Wildman–Crippen MR) is 60.1 cm³/mol. The summed E-state index contributed by atoms with van der Waals surface area (Å²) in [5, 5.41) is 16.5. The maximum absolute atomic E-state index is 10.4. The molecule has 0 aromatic heterocycles. The van der Waals surface area contributed by atoms with Crippen LogP contribution < -0.4 is 0 Å². The maximum Gasteiger partial charge on any atom is 0.331 e. The Hall–Kier alpha value is -1.33. The molecule has 0 aromatic rings. The first-order chi connectivity index (χ1) is 7.31. The summed E-state index contributed by atoms with van der Waals surface area (Å²) in [5.41, 5.74) is 1.24. The molecule has 0 heterocycles. The van der Waals surface area contributed by atoms with E-state index in [4.69, 9.17) is 21.8 Å². The van der Waals surface area contributed by atoms with Crippen LogP contribution in [0.1, 0.15) is 13.8 Å². The van der Waals surface area contributed by atoms with E-state index in [1.54, 1.807) is 0 Å². The molecule has 0 saturated heterocycles. The Kier molecular flexibility index (Phi) is 10.9. The first kappa shape index (κ1) is 17.1. The second-order valence-corrected chi connectivity index (χ2v) is 3.11. The van der Waals surface area contributed by atoms with Gasteiger partial charge in [0.2, 0.25) is 0 Å². The number of aliphatic carboxylic acids is 1. The van der Waals surface area contributed by atoms with Crippen LogP contribution in [0.25, 0.3) is 0 Å². The molecule has 1 unspecified atom stereocenters. The first-order valence-corrected chi connectivity index (χ1v) is 4.75. The molecule has 0 amide bonds. The Morgan fingerprint density at radius 3 is 2.25 bits per heavy atom. The number of carboxylic acid groups (broad SMARTS) is 1. The summed E-state index contributed by atoms with van der Waals surface area (Å²) < 4.78 is 4.48. The molecule has 0 spiro atoms. The van der Waals surface area contributed by atoms with E-state index in [0.717, 1.165) is 11.6 Å². The van der Waals surface area contributed by atoms with Gasteiger partial charge in [-0.05, 0) is 13.8 Å². The van der Waals surface area contributed by atoms with Gasteiger partial charge in [0.15, 0.2) is 0 Å². The molecule has 0 aliphatic rings. The molecule has 0 radical (unpaired) electrons. The van der Waals surface area contributed by atoms with Crippen LogP contribution in [0.15, 0.2) is 23.8 Å². The fourth-order valence-electron chi connectivity index (χ4n) is 0.302. The third kappa shape index (κ3) is 15.2. The molecule has 0 fully saturated rings. The molecule has 0 aliphatic heterocycles. The quantitative estimate of drug-likeness (QED) is 0.581. The minimum Gasteiger partial charge on any atom is -0.478 e. The minimum absolute atomic E-state index is 0.0000617. The second-order valence-electron chi connectivity index (χ2n) is 2.86. The highest BCUT2D eigenvalue weighted by Crippen LogP contribution is 1.87. The number of halogens is 1. The average molecular weight is 251 g/mol. The Balaban J connectivity index is 0. The number of hydrogen-bond donors (Lipinski definition) is 2. The van der Waals surface area contributed by atoms with Gasteiger partial charge in [0.25, 0.3) is 0 Å². The molecule has 0 saturated carbocycles. The van der Waals surface area contributed by atoms with E-state index in [1.807, 2.05) is 0 Å².